The van der Waals surface area contributed by atoms with Gasteiger partial charge in [0.15, 0.2) is 6.29 Å². The van der Waals surface area contributed by atoms with Crippen molar-refractivity contribution in [3.05, 3.63) is 0 Å². The molecule has 0 unspecified atom stereocenters. The number of ether oxygens (including phenoxy) is 2. The topological polar surface area (TPSA) is 189 Å². The molecular formula is C34H68N2O8. The maximum atomic E-state index is 12.1. The molecule has 44 heavy (non-hydrogen) atoms. The van der Waals surface area contributed by atoms with Gasteiger partial charge in [0.1, 0.15) is 30.2 Å². The minimum atomic E-state index is -1.45. The Kier molecular flexibility index (Phi) is 23.9. The zero-order valence-corrected chi connectivity index (χ0v) is 27.9. The average Bonchev–Trinajstić information content (AvgIpc) is 2.99. The molecule has 10 nitrogen and oxygen atoms in total. The molecule has 262 valence electrons. The summed E-state index contributed by atoms with van der Waals surface area (Å²) in [7, 11) is 0. The number of carbonyl (C=O) groups excluding carboxylic acids is 1. The summed E-state index contributed by atoms with van der Waals surface area (Å²) in [5.74, 6) is 0.409. The minimum absolute atomic E-state index is 0.157. The van der Waals surface area contributed by atoms with Crippen molar-refractivity contribution >= 4 is 5.78 Å². The predicted molar refractivity (Wildman–Crippen MR) is 174 cm³/mol. The largest absolute Gasteiger partial charge is 0.394 e. The summed E-state index contributed by atoms with van der Waals surface area (Å²) >= 11 is 0. The van der Waals surface area contributed by atoms with Crippen LogP contribution in [0.25, 0.3) is 0 Å². The Morgan fingerprint density at radius 2 is 1.09 bits per heavy atom. The van der Waals surface area contributed by atoms with Crippen LogP contribution in [0.5, 0.6) is 0 Å². The van der Waals surface area contributed by atoms with Crippen LogP contribution in [0.1, 0.15) is 149 Å². The number of carbonyl (C=O) groups is 1. The average molecular weight is 633 g/mol. The molecule has 0 radical (unpaired) electrons. The molecule has 1 heterocycles. The third-order valence-electron chi connectivity index (χ3n) is 9.00. The van der Waals surface area contributed by atoms with Crippen LogP contribution in [0.4, 0.5) is 0 Å². The Morgan fingerprint density at radius 1 is 0.659 bits per heavy atom. The van der Waals surface area contributed by atoms with Gasteiger partial charge in [0.25, 0.3) is 0 Å². The minimum Gasteiger partial charge on any atom is -0.394 e. The Morgan fingerprint density at radius 3 is 1.52 bits per heavy atom. The van der Waals surface area contributed by atoms with Gasteiger partial charge in [-0.3, -0.25) is 4.79 Å². The van der Waals surface area contributed by atoms with Crippen LogP contribution in [0.2, 0.25) is 0 Å². The number of hydrogen-bond acceptors (Lipinski definition) is 10. The summed E-state index contributed by atoms with van der Waals surface area (Å²) in [4.78, 5) is 12.1. The molecule has 0 spiro atoms. The van der Waals surface area contributed by atoms with E-state index in [1.54, 1.807) is 0 Å². The first-order valence-corrected chi connectivity index (χ1v) is 17.7. The summed E-state index contributed by atoms with van der Waals surface area (Å²) in [5, 5.41) is 49.2. The van der Waals surface area contributed by atoms with Crippen LogP contribution in [0, 0.1) is 0 Å². The molecule has 1 rings (SSSR count). The van der Waals surface area contributed by atoms with Crippen molar-refractivity contribution in [3.63, 3.8) is 0 Å². The fourth-order valence-corrected chi connectivity index (χ4v) is 5.84. The van der Waals surface area contributed by atoms with Crippen molar-refractivity contribution in [3.8, 4) is 0 Å². The van der Waals surface area contributed by atoms with Crippen LogP contribution in [-0.2, 0) is 14.3 Å². The first-order chi connectivity index (χ1) is 21.1. The van der Waals surface area contributed by atoms with Gasteiger partial charge in [0.2, 0.25) is 0 Å². The van der Waals surface area contributed by atoms with Gasteiger partial charge < -0.3 is 46.5 Å². The second-order valence-corrected chi connectivity index (χ2v) is 13.3. The Balaban J connectivity index is 1.94. The van der Waals surface area contributed by atoms with Crippen molar-refractivity contribution in [1.82, 2.24) is 0 Å². The number of aliphatic hydroxyl groups excluding tert-OH is 5. The lowest BCUT2D eigenvalue weighted by atomic mass is 9.98. The molecule has 1 saturated heterocycles. The molecule has 0 bridgehead atoms. The Bertz CT molecular complexity index is 696. The fraction of sp³-hybridized carbons (Fsp3) is 0.971. The molecule has 0 aromatic rings. The maximum absolute atomic E-state index is 12.1. The van der Waals surface area contributed by atoms with Crippen molar-refractivity contribution in [1.29, 1.82) is 0 Å². The fourth-order valence-electron chi connectivity index (χ4n) is 5.84. The van der Waals surface area contributed by atoms with E-state index >= 15 is 0 Å². The van der Waals surface area contributed by atoms with E-state index in [4.69, 9.17) is 20.9 Å². The quantitative estimate of drug-likeness (QED) is 0.0621. The highest BCUT2D eigenvalue weighted by Gasteiger charge is 2.45. The van der Waals surface area contributed by atoms with Gasteiger partial charge in [-0.25, -0.2) is 0 Å². The number of nitrogens with two attached hydrogens (primary N) is 2. The lowest BCUT2D eigenvalue weighted by molar-refractivity contribution is -0.312. The Hall–Kier alpha value is -0.690. The molecule has 1 aliphatic rings. The molecule has 0 saturated carbocycles. The van der Waals surface area contributed by atoms with E-state index in [9.17, 15) is 30.3 Å². The lowest BCUT2D eigenvalue weighted by Crippen LogP contribution is -2.60. The summed E-state index contributed by atoms with van der Waals surface area (Å²) in [6.07, 6.45) is 15.1. The van der Waals surface area contributed by atoms with Gasteiger partial charge in [0, 0.05) is 24.9 Å². The van der Waals surface area contributed by atoms with Crippen molar-refractivity contribution in [2.45, 2.75) is 204 Å². The standard InChI is InChI=1S/C34H68N2O8/c1-25(35)28(39)22-18-14-11-13-17-21-27(38)20-16-12-9-7-5-3-4-6-8-10-15-19-23-29(26(2)36)43-34-33(42)32(41)31(40)30(24-37)44-34/h25-26,28-34,37,39-42H,3-24,35-36H2,1-2H3/t25-,26-,28-,29-,30-,31+,32+,33-,34-/m1/s1. The third kappa shape index (κ3) is 18.5. The molecule has 1 fully saturated rings. The third-order valence-corrected chi connectivity index (χ3v) is 9.00. The van der Waals surface area contributed by atoms with E-state index in [0.29, 0.717) is 18.6 Å². The summed E-state index contributed by atoms with van der Waals surface area (Å²) in [6.45, 7) is 3.19. The van der Waals surface area contributed by atoms with E-state index in [1.807, 2.05) is 13.8 Å². The summed E-state index contributed by atoms with van der Waals surface area (Å²) in [6, 6.07) is -0.447. The van der Waals surface area contributed by atoms with Crippen LogP contribution in [0.3, 0.4) is 0 Å². The first kappa shape index (κ1) is 41.3. The second-order valence-electron chi connectivity index (χ2n) is 13.3. The smallest absolute Gasteiger partial charge is 0.187 e. The molecule has 0 aromatic heterocycles. The van der Waals surface area contributed by atoms with E-state index in [2.05, 4.69) is 0 Å². The second kappa shape index (κ2) is 25.4. The maximum Gasteiger partial charge on any atom is 0.187 e. The van der Waals surface area contributed by atoms with E-state index in [1.165, 1.54) is 44.9 Å². The zero-order valence-electron chi connectivity index (χ0n) is 27.9. The molecule has 0 aromatic carbocycles. The van der Waals surface area contributed by atoms with Crippen molar-refractivity contribution in [2.24, 2.45) is 11.5 Å². The molecule has 10 heteroatoms. The van der Waals surface area contributed by atoms with E-state index in [0.717, 1.165) is 77.0 Å². The zero-order chi connectivity index (χ0) is 32.7. The van der Waals surface area contributed by atoms with Crippen LogP contribution < -0.4 is 11.5 Å². The number of rotatable bonds is 28. The molecule has 1 aliphatic heterocycles. The van der Waals surface area contributed by atoms with Gasteiger partial charge in [-0.2, -0.15) is 0 Å². The molecule has 0 amide bonds. The number of unbranched alkanes of at least 4 members (excludes halogenated alkanes) is 15. The number of aliphatic hydroxyl groups is 5. The highest BCUT2D eigenvalue weighted by molar-refractivity contribution is 5.78. The monoisotopic (exact) mass is 632 g/mol. The number of ketones is 1. The molecular weight excluding hydrogens is 564 g/mol. The highest BCUT2D eigenvalue weighted by atomic mass is 16.7. The molecule has 0 aliphatic carbocycles. The number of Topliss-reactive ketones (excluding diaryl/α,β-unsaturated/α-hetero) is 1. The van der Waals surface area contributed by atoms with Crippen LogP contribution in [-0.4, -0.2) is 92.9 Å². The SMILES string of the molecule is C[C@@H](N)[C@H](O)CCCCCCCC(=O)CCCCCCCCCCCCCC[C@@H](O[C@@H]1O[C@H](CO)[C@H](O)[C@H](O)[C@H]1O)[C@@H](C)N. The van der Waals surface area contributed by atoms with Gasteiger partial charge in [-0.15, -0.1) is 0 Å². The van der Waals surface area contributed by atoms with Crippen LogP contribution in [0.15, 0.2) is 0 Å². The summed E-state index contributed by atoms with van der Waals surface area (Å²) < 4.78 is 11.3. The van der Waals surface area contributed by atoms with Crippen molar-refractivity contribution < 1.29 is 39.8 Å². The van der Waals surface area contributed by atoms with E-state index in [-0.39, 0.29) is 18.2 Å². The first-order valence-electron chi connectivity index (χ1n) is 17.7. The van der Waals surface area contributed by atoms with Gasteiger partial charge in [-0.1, -0.05) is 96.3 Å². The normalized spacial score (nSPS) is 25.1. The van der Waals surface area contributed by atoms with Gasteiger partial charge in [0.05, 0.1) is 18.8 Å². The van der Waals surface area contributed by atoms with Gasteiger partial charge >= 0.3 is 0 Å². The summed E-state index contributed by atoms with van der Waals surface area (Å²) in [5.41, 5.74) is 11.8. The van der Waals surface area contributed by atoms with Crippen LogP contribution >= 0.6 is 0 Å². The predicted octanol–water partition coefficient (Wildman–Crippen LogP) is 3.99. The Labute approximate surface area is 267 Å². The van der Waals surface area contributed by atoms with Gasteiger partial charge in [-0.05, 0) is 39.5 Å². The molecule has 9 N–H and O–H groups in total. The highest BCUT2D eigenvalue weighted by Crippen LogP contribution is 2.25. The van der Waals surface area contributed by atoms with E-state index < -0.39 is 43.4 Å². The van der Waals surface area contributed by atoms with Crippen molar-refractivity contribution in [2.75, 3.05) is 6.61 Å². The molecule has 9 atom stereocenters. The lowest BCUT2D eigenvalue weighted by Gasteiger charge is -2.41. The number of hydrogen-bond donors (Lipinski definition) is 7.